The molecule has 0 radical (unpaired) electrons. The molecule has 3 atom stereocenters. The molecule has 0 unspecified atom stereocenters. The summed E-state index contributed by atoms with van der Waals surface area (Å²) in [6, 6.07) is 7.24. The van der Waals surface area contributed by atoms with Gasteiger partial charge in [0.25, 0.3) is 0 Å². The number of benzene rings is 1. The van der Waals surface area contributed by atoms with Crippen molar-refractivity contribution in [2.45, 2.75) is 45.2 Å². The van der Waals surface area contributed by atoms with Crippen molar-refractivity contribution in [3.05, 3.63) is 23.8 Å². The molecule has 3 fully saturated rings. The molecule has 2 saturated carbocycles. The van der Waals surface area contributed by atoms with Crippen LogP contribution in [0.15, 0.2) is 18.2 Å². The minimum Gasteiger partial charge on any atom is -0.493 e. The van der Waals surface area contributed by atoms with Crippen LogP contribution in [0, 0.1) is 11.8 Å². The zero-order chi connectivity index (χ0) is 17.2. The average molecular weight is 344 g/mol. The monoisotopic (exact) mass is 344 g/mol. The highest BCUT2D eigenvalue weighted by Crippen LogP contribution is 2.46. The molecular formula is C21H32N2O2. The first kappa shape index (κ1) is 17.2. The van der Waals surface area contributed by atoms with Crippen LogP contribution in [-0.4, -0.2) is 55.7 Å². The topological polar surface area (TPSA) is 24.9 Å². The van der Waals surface area contributed by atoms with Crippen LogP contribution in [0.3, 0.4) is 0 Å². The number of methoxy groups -OCH3 is 1. The van der Waals surface area contributed by atoms with Crippen molar-refractivity contribution < 1.29 is 9.47 Å². The Balaban J connectivity index is 1.32. The molecule has 4 heteroatoms. The van der Waals surface area contributed by atoms with Gasteiger partial charge in [0.2, 0.25) is 0 Å². The number of hydrogen-bond acceptors (Lipinski definition) is 4. The van der Waals surface area contributed by atoms with E-state index in [2.05, 4.69) is 21.9 Å². The van der Waals surface area contributed by atoms with Crippen molar-refractivity contribution in [1.82, 2.24) is 9.80 Å². The molecule has 1 aliphatic heterocycles. The first-order valence-electron chi connectivity index (χ1n) is 10.0. The number of piperazine rings is 1. The van der Waals surface area contributed by atoms with Crippen LogP contribution in [-0.2, 0) is 6.54 Å². The van der Waals surface area contributed by atoms with Gasteiger partial charge in [-0.05, 0) is 55.7 Å². The first-order valence-corrected chi connectivity index (χ1v) is 10.0. The van der Waals surface area contributed by atoms with E-state index in [1.54, 1.807) is 7.11 Å². The SMILES string of the molecule is CCOc1cc(CN2CCN([C@H]3C[C@@H]4CC[C@@H]3C4)CC2)ccc1OC. The van der Waals surface area contributed by atoms with Crippen molar-refractivity contribution in [3.8, 4) is 11.5 Å². The van der Waals surface area contributed by atoms with Crippen LogP contribution in [0.4, 0.5) is 0 Å². The molecule has 0 spiro atoms. The van der Waals surface area contributed by atoms with Gasteiger partial charge in [-0.25, -0.2) is 0 Å². The quantitative estimate of drug-likeness (QED) is 0.790. The molecule has 4 rings (SSSR count). The highest BCUT2D eigenvalue weighted by atomic mass is 16.5. The summed E-state index contributed by atoms with van der Waals surface area (Å²) in [4.78, 5) is 5.38. The third-order valence-corrected chi connectivity index (χ3v) is 6.51. The number of fused-ring (bicyclic) bond motifs is 2. The van der Waals surface area contributed by atoms with Crippen molar-refractivity contribution in [2.24, 2.45) is 11.8 Å². The van der Waals surface area contributed by atoms with E-state index in [0.29, 0.717) is 6.61 Å². The molecule has 2 aliphatic carbocycles. The van der Waals surface area contributed by atoms with Crippen LogP contribution < -0.4 is 9.47 Å². The molecular weight excluding hydrogens is 312 g/mol. The van der Waals surface area contributed by atoms with Gasteiger partial charge in [0.05, 0.1) is 13.7 Å². The van der Waals surface area contributed by atoms with E-state index in [9.17, 15) is 0 Å². The lowest BCUT2D eigenvalue weighted by Gasteiger charge is -2.41. The first-order chi connectivity index (χ1) is 12.3. The van der Waals surface area contributed by atoms with E-state index < -0.39 is 0 Å². The summed E-state index contributed by atoms with van der Waals surface area (Å²) in [5, 5.41) is 0. The third-order valence-electron chi connectivity index (χ3n) is 6.51. The van der Waals surface area contributed by atoms with Gasteiger partial charge in [-0.1, -0.05) is 12.5 Å². The summed E-state index contributed by atoms with van der Waals surface area (Å²) in [6.07, 6.45) is 5.97. The fourth-order valence-corrected chi connectivity index (χ4v) is 5.26. The molecule has 1 heterocycles. The molecule has 25 heavy (non-hydrogen) atoms. The van der Waals surface area contributed by atoms with Gasteiger partial charge in [0, 0.05) is 38.8 Å². The van der Waals surface area contributed by atoms with E-state index in [4.69, 9.17) is 9.47 Å². The van der Waals surface area contributed by atoms with Crippen LogP contribution in [0.2, 0.25) is 0 Å². The number of ether oxygens (including phenoxy) is 2. The smallest absolute Gasteiger partial charge is 0.161 e. The van der Waals surface area contributed by atoms with E-state index in [0.717, 1.165) is 35.9 Å². The Bertz CT molecular complexity index is 583. The molecule has 3 aliphatic rings. The summed E-state index contributed by atoms with van der Waals surface area (Å²) in [5.74, 6) is 3.74. The summed E-state index contributed by atoms with van der Waals surface area (Å²) in [5.41, 5.74) is 1.32. The lowest BCUT2D eigenvalue weighted by Crippen LogP contribution is -2.51. The Hall–Kier alpha value is -1.26. The molecule has 1 aromatic rings. The zero-order valence-electron chi connectivity index (χ0n) is 15.7. The lowest BCUT2D eigenvalue weighted by atomic mass is 9.93. The van der Waals surface area contributed by atoms with Gasteiger partial charge in [-0.3, -0.25) is 9.80 Å². The van der Waals surface area contributed by atoms with Gasteiger partial charge >= 0.3 is 0 Å². The maximum atomic E-state index is 5.72. The molecule has 4 nitrogen and oxygen atoms in total. The maximum absolute atomic E-state index is 5.72. The summed E-state index contributed by atoms with van der Waals surface area (Å²) in [6.45, 7) is 8.54. The lowest BCUT2D eigenvalue weighted by molar-refractivity contribution is 0.0679. The second kappa shape index (κ2) is 7.55. The molecule has 1 saturated heterocycles. The third kappa shape index (κ3) is 3.65. The minimum absolute atomic E-state index is 0.669. The normalized spacial score (nSPS) is 29.9. The Morgan fingerprint density at radius 1 is 1.04 bits per heavy atom. The Kier molecular flexibility index (Phi) is 5.18. The second-order valence-electron chi connectivity index (χ2n) is 7.97. The van der Waals surface area contributed by atoms with Crippen molar-refractivity contribution in [1.29, 1.82) is 0 Å². The number of hydrogen-bond donors (Lipinski definition) is 0. The van der Waals surface area contributed by atoms with E-state index in [1.165, 1.54) is 57.4 Å². The Morgan fingerprint density at radius 3 is 2.52 bits per heavy atom. The summed E-state index contributed by atoms with van der Waals surface area (Å²) in [7, 11) is 1.70. The molecule has 0 amide bonds. The molecule has 138 valence electrons. The summed E-state index contributed by atoms with van der Waals surface area (Å²) < 4.78 is 11.1. The second-order valence-corrected chi connectivity index (χ2v) is 7.97. The summed E-state index contributed by atoms with van der Waals surface area (Å²) >= 11 is 0. The van der Waals surface area contributed by atoms with Crippen LogP contribution in [0.25, 0.3) is 0 Å². The standard InChI is InChI=1S/C21H32N2O2/c1-3-25-21-14-17(5-7-20(21)24-2)15-22-8-10-23(11-9-22)19-13-16-4-6-18(19)12-16/h5,7,14,16,18-19H,3-4,6,8-13,15H2,1-2H3/t16-,18-,19+/m1/s1. The minimum atomic E-state index is 0.669. The predicted molar refractivity (Wildman–Crippen MR) is 100 cm³/mol. The van der Waals surface area contributed by atoms with Crippen LogP contribution in [0.1, 0.15) is 38.2 Å². The van der Waals surface area contributed by atoms with Gasteiger partial charge in [-0.2, -0.15) is 0 Å². The predicted octanol–water partition coefficient (Wildman–Crippen LogP) is 3.40. The zero-order valence-corrected chi connectivity index (χ0v) is 15.7. The van der Waals surface area contributed by atoms with Gasteiger partial charge in [0.15, 0.2) is 11.5 Å². The fourth-order valence-electron chi connectivity index (χ4n) is 5.26. The Labute approximate surface area is 152 Å². The highest BCUT2D eigenvalue weighted by Gasteiger charge is 2.42. The van der Waals surface area contributed by atoms with Gasteiger partial charge in [0.1, 0.15) is 0 Å². The van der Waals surface area contributed by atoms with E-state index in [-0.39, 0.29) is 0 Å². The number of nitrogens with zero attached hydrogens (tertiary/aromatic N) is 2. The molecule has 0 aromatic heterocycles. The van der Waals surface area contributed by atoms with Crippen LogP contribution >= 0.6 is 0 Å². The molecule has 2 bridgehead atoms. The van der Waals surface area contributed by atoms with Gasteiger partial charge in [-0.15, -0.1) is 0 Å². The van der Waals surface area contributed by atoms with Crippen molar-refractivity contribution >= 4 is 0 Å². The van der Waals surface area contributed by atoms with Crippen LogP contribution in [0.5, 0.6) is 11.5 Å². The highest BCUT2D eigenvalue weighted by molar-refractivity contribution is 5.43. The van der Waals surface area contributed by atoms with E-state index in [1.807, 2.05) is 13.0 Å². The van der Waals surface area contributed by atoms with Crippen molar-refractivity contribution in [2.75, 3.05) is 39.9 Å². The number of rotatable bonds is 6. The van der Waals surface area contributed by atoms with Crippen molar-refractivity contribution in [3.63, 3.8) is 0 Å². The average Bonchev–Trinajstić information content (AvgIpc) is 3.26. The molecule has 0 N–H and O–H groups in total. The fraction of sp³-hybridized carbons (Fsp3) is 0.714. The van der Waals surface area contributed by atoms with E-state index >= 15 is 0 Å². The molecule has 1 aromatic carbocycles. The van der Waals surface area contributed by atoms with Gasteiger partial charge < -0.3 is 9.47 Å². The Morgan fingerprint density at radius 2 is 1.88 bits per heavy atom. The maximum Gasteiger partial charge on any atom is 0.161 e. The largest absolute Gasteiger partial charge is 0.493 e.